The van der Waals surface area contributed by atoms with Gasteiger partial charge >= 0.3 is 0 Å². The van der Waals surface area contributed by atoms with Gasteiger partial charge in [0.25, 0.3) is 0 Å². The Labute approximate surface area is 262 Å². The number of fused-ring (bicyclic) bond motifs is 10. The second kappa shape index (κ2) is 9.15. The Morgan fingerprint density at radius 1 is 0.822 bits per heavy atom. The minimum absolute atomic E-state index is 0.0694. The van der Waals surface area contributed by atoms with Gasteiger partial charge in [0.1, 0.15) is 11.5 Å². The second-order valence-corrected chi connectivity index (χ2v) is 13.0. The van der Waals surface area contributed by atoms with Crippen LogP contribution in [0.15, 0.2) is 126 Å². The quantitative estimate of drug-likeness (QED) is 0.207. The van der Waals surface area contributed by atoms with Gasteiger partial charge in [-0.2, -0.15) is 0 Å². The number of para-hydroxylation sites is 2. The van der Waals surface area contributed by atoms with E-state index in [-0.39, 0.29) is 17.7 Å². The lowest BCUT2D eigenvalue weighted by Crippen LogP contribution is -2.51. The van der Waals surface area contributed by atoms with E-state index in [9.17, 15) is 0 Å². The van der Waals surface area contributed by atoms with E-state index in [1.54, 1.807) is 0 Å². The van der Waals surface area contributed by atoms with Crippen LogP contribution in [0.3, 0.4) is 0 Å². The van der Waals surface area contributed by atoms with E-state index in [4.69, 9.17) is 9.15 Å². The highest BCUT2D eigenvalue weighted by Crippen LogP contribution is 2.55. The average molecular weight is 585 g/mol. The van der Waals surface area contributed by atoms with E-state index in [1.165, 1.54) is 44.3 Å². The Hall–Kier alpha value is -5.22. The van der Waals surface area contributed by atoms with Crippen molar-refractivity contribution in [1.29, 1.82) is 0 Å². The van der Waals surface area contributed by atoms with Crippen molar-refractivity contribution >= 4 is 33.8 Å². The van der Waals surface area contributed by atoms with Crippen molar-refractivity contribution in [2.24, 2.45) is 0 Å². The fourth-order valence-electron chi connectivity index (χ4n) is 8.25. The number of ether oxygens (including phenoxy) is 1. The third-order valence-corrected chi connectivity index (χ3v) is 10.3. The van der Waals surface area contributed by atoms with Crippen molar-refractivity contribution in [2.45, 2.75) is 43.9 Å². The number of aryl methyl sites for hydroxylation is 1. The molecule has 2 aromatic heterocycles. The highest BCUT2D eigenvalue weighted by Gasteiger charge is 2.51. The van der Waals surface area contributed by atoms with Gasteiger partial charge in [0.05, 0.1) is 22.4 Å². The SMILES string of the molecule is CC1(N2c3ccccc3C3c4cc(-c5ccc6c(c5)c5c7c(oc5n6-c5ccccc5)CCC=C7)ccc4OC32)C=CC=CC1. The first-order chi connectivity index (χ1) is 22.2. The first-order valence-electron chi connectivity index (χ1n) is 16.0. The molecule has 4 aliphatic rings. The number of nitrogens with zero attached hydrogens (tertiary/aromatic N) is 2. The van der Waals surface area contributed by atoms with E-state index >= 15 is 0 Å². The molecule has 4 heteroatoms. The smallest absolute Gasteiger partial charge is 0.213 e. The normalized spacial score (nSPS) is 22.5. The molecule has 0 spiro atoms. The Morgan fingerprint density at radius 2 is 1.67 bits per heavy atom. The third-order valence-electron chi connectivity index (χ3n) is 10.3. The Bertz CT molecular complexity index is 2270. The molecule has 0 amide bonds. The molecule has 2 aliphatic heterocycles. The lowest BCUT2D eigenvalue weighted by molar-refractivity contribution is 0.197. The molecule has 218 valence electrons. The van der Waals surface area contributed by atoms with Crippen LogP contribution in [0, 0.1) is 0 Å². The van der Waals surface area contributed by atoms with Crippen molar-refractivity contribution in [2.75, 3.05) is 4.90 Å². The molecule has 3 atom stereocenters. The zero-order valence-electron chi connectivity index (χ0n) is 25.1. The highest BCUT2D eigenvalue weighted by molar-refractivity contribution is 6.13. The summed E-state index contributed by atoms with van der Waals surface area (Å²) in [4.78, 5) is 2.51. The van der Waals surface area contributed by atoms with E-state index in [1.807, 2.05) is 0 Å². The molecule has 4 heterocycles. The number of rotatable bonds is 3. The Balaban J connectivity index is 1.12. The summed E-state index contributed by atoms with van der Waals surface area (Å²) in [7, 11) is 0. The highest BCUT2D eigenvalue weighted by atomic mass is 16.5. The van der Waals surface area contributed by atoms with Crippen LogP contribution in [-0.4, -0.2) is 16.3 Å². The fraction of sp³-hybridized carbons (Fsp3) is 0.171. The van der Waals surface area contributed by atoms with Crippen molar-refractivity contribution in [1.82, 2.24) is 4.57 Å². The summed E-state index contributed by atoms with van der Waals surface area (Å²) in [6, 6.07) is 33.1. The average Bonchev–Trinajstić information content (AvgIpc) is 3.81. The maximum absolute atomic E-state index is 6.81. The number of hydrogen-bond donors (Lipinski definition) is 0. The minimum Gasteiger partial charge on any atom is -0.469 e. The molecule has 4 aromatic carbocycles. The number of allylic oxidation sites excluding steroid dienone is 3. The molecule has 0 saturated carbocycles. The number of benzene rings is 4. The largest absolute Gasteiger partial charge is 0.469 e. The summed E-state index contributed by atoms with van der Waals surface area (Å²) >= 11 is 0. The molecule has 6 aromatic rings. The van der Waals surface area contributed by atoms with Crippen molar-refractivity contribution in [3.8, 4) is 22.6 Å². The molecule has 4 nitrogen and oxygen atoms in total. The van der Waals surface area contributed by atoms with Gasteiger partial charge in [-0.1, -0.05) is 85.0 Å². The molecule has 45 heavy (non-hydrogen) atoms. The molecule has 0 bridgehead atoms. The zero-order valence-corrected chi connectivity index (χ0v) is 25.1. The Morgan fingerprint density at radius 3 is 2.56 bits per heavy atom. The van der Waals surface area contributed by atoms with Crippen LogP contribution >= 0.6 is 0 Å². The summed E-state index contributed by atoms with van der Waals surface area (Å²) in [5.41, 5.74) is 10.6. The van der Waals surface area contributed by atoms with Crippen molar-refractivity contribution < 1.29 is 9.15 Å². The lowest BCUT2D eigenvalue weighted by Gasteiger charge is -2.42. The summed E-state index contributed by atoms with van der Waals surface area (Å²) in [5.74, 6) is 2.23. The maximum atomic E-state index is 6.81. The molecule has 0 fully saturated rings. The molecule has 3 unspecified atom stereocenters. The second-order valence-electron chi connectivity index (χ2n) is 13.0. The van der Waals surface area contributed by atoms with Gasteiger partial charge < -0.3 is 14.1 Å². The maximum Gasteiger partial charge on any atom is 0.213 e. The Kier molecular flexibility index (Phi) is 5.11. The van der Waals surface area contributed by atoms with Gasteiger partial charge in [-0.3, -0.25) is 4.57 Å². The van der Waals surface area contributed by atoms with E-state index in [0.29, 0.717) is 0 Å². The number of anilines is 1. The fourth-order valence-corrected chi connectivity index (χ4v) is 8.25. The number of furan rings is 1. The molecule has 10 rings (SSSR count). The third kappa shape index (κ3) is 3.48. The predicted octanol–water partition coefficient (Wildman–Crippen LogP) is 9.95. The van der Waals surface area contributed by atoms with E-state index in [2.05, 4.69) is 144 Å². The summed E-state index contributed by atoms with van der Waals surface area (Å²) < 4.78 is 15.7. The van der Waals surface area contributed by atoms with Crippen molar-refractivity contribution in [3.63, 3.8) is 0 Å². The van der Waals surface area contributed by atoms with Gasteiger partial charge in [-0.25, -0.2) is 0 Å². The van der Waals surface area contributed by atoms with Crippen LogP contribution in [0.5, 0.6) is 5.75 Å². The van der Waals surface area contributed by atoms with Crippen molar-refractivity contribution in [3.05, 3.63) is 144 Å². The standard InChI is InChI=1S/C41H32N2O2/c1-41(22-10-3-11-23-41)43-34-16-8-6-14-29(34)37-32-25-27(19-21-36(32)45-40(37)43)26-18-20-33-31(24-26)38-30-15-7-9-17-35(30)44-39(38)42(33)28-12-4-2-5-13-28/h2-8,10-16,18-22,24-25,37,40H,9,17,23H2,1H3. The molecule has 0 radical (unpaired) electrons. The van der Waals surface area contributed by atoms with Gasteiger partial charge in [0.2, 0.25) is 5.71 Å². The predicted molar refractivity (Wildman–Crippen MR) is 182 cm³/mol. The van der Waals surface area contributed by atoms with Crippen LogP contribution in [0.2, 0.25) is 0 Å². The molecular formula is C41H32N2O2. The number of aromatic nitrogens is 1. The van der Waals surface area contributed by atoms with Gasteiger partial charge in [-0.15, -0.1) is 0 Å². The lowest BCUT2D eigenvalue weighted by atomic mass is 9.90. The first-order valence-corrected chi connectivity index (χ1v) is 16.0. The molecule has 2 aliphatic carbocycles. The molecule has 0 N–H and O–H groups in total. The minimum atomic E-state index is -0.143. The van der Waals surface area contributed by atoms with E-state index in [0.717, 1.165) is 47.7 Å². The summed E-state index contributed by atoms with van der Waals surface area (Å²) in [6.45, 7) is 2.32. The van der Waals surface area contributed by atoms with Gasteiger partial charge in [0, 0.05) is 34.3 Å². The number of hydrogen-bond acceptors (Lipinski definition) is 3. The monoisotopic (exact) mass is 584 g/mol. The van der Waals surface area contributed by atoms with Gasteiger partial charge in [-0.05, 0) is 78.9 Å². The first kappa shape index (κ1) is 25.1. The van der Waals surface area contributed by atoms with Crippen LogP contribution in [-0.2, 0) is 6.42 Å². The summed E-state index contributed by atoms with van der Waals surface area (Å²) in [6.07, 6.45) is 16.3. The molecule has 0 saturated heterocycles. The molecular weight excluding hydrogens is 552 g/mol. The van der Waals surface area contributed by atoms with E-state index < -0.39 is 0 Å². The van der Waals surface area contributed by atoms with Gasteiger partial charge in [0.15, 0.2) is 6.23 Å². The summed E-state index contributed by atoms with van der Waals surface area (Å²) in [5, 5.41) is 2.43. The van der Waals surface area contributed by atoms with Crippen LogP contribution < -0.4 is 9.64 Å². The van der Waals surface area contributed by atoms with Crippen LogP contribution in [0.25, 0.3) is 44.9 Å². The van der Waals surface area contributed by atoms with Crippen LogP contribution in [0.1, 0.15) is 48.1 Å². The van der Waals surface area contributed by atoms with Crippen LogP contribution in [0.4, 0.5) is 5.69 Å². The topological polar surface area (TPSA) is 30.5 Å². The zero-order chi connectivity index (χ0) is 29.7.